The third kappa shape index (κ3) is 4.68. The van der Waals surface area contributed by atoms with Crippen molar-refractivity contribution in [1.29, 1.82) is 0 Å². The summed E-state index contributed by atoms with van der Waals surface area (Å²) in [6, 6.07) is 10.0. The molecular formula is C19H25N3O2. The summed E-state index contributed by atoms with van der Waals surface area (Å²) in [6.45, 7) is 2.11. The number of hydrogen-bond acceptors (Lipinski definition) is 3. The van der Waals surface area contributed by atoms with E-state index in [-0.39, 0.29) is 6.03 Å². The van der Waals surface area contributed by atoms with Gasteiger partial charge in [0.25, 0.3) is 0 Å². The van der Waals surface area contributed by atoms with Gasteiger partial charge in [-0.2, -0.15) is 0 Å². The molecule has 2 aromatic rings. The minimum Gasteiger partial charge on any atom is -0.378 e. The molecule has 2 heterocycles. The van der Waals surface area contributed by atoms with Crippen LogP contribution in [-0.4, -0.2) is 36.8 Å². The molecule has 128 valence electrons. The number of benzene rings is 1. The molecule has 0 aliphatic carbocycles. The Kier molecular flexibility index (Phi) is 6.01. The van der Waals surface area contributed by atoms with E-state index in [0.29, 0.717) is 19.2 Å². The Morgan fingerprint density at radius 3 is 2.92 bits per heavy atom. The molecule has 2 N–H and O–H groups in total. The summed E-state index contributed by atoms with van der Waals surface area (Å²) < 4.78 is 5.66. The number of amides is 2. The van der Waals surface area contributed by atoms with Crippen LogP contribution in [0.15, 0.2) is 36.5 Å². The van der Waals surface area contributed by atoms with Gasteiger partial charge in [-0.15, -0.1) is 0 Å². The van der Waals surface area contributed by atoms with Crippen molar-refractivity contribution in [3.63, 3.8) is 0 Å². The largest absolute Gasteiger partial charge is 0.378 e. The van der Waals surface area contributed by atoms with Crippen molar-refractivity contribution >= 4 is 16.9 Å². The zero-order valence-corrected chi connectivity index (χ0v) is 14.0. The minimum absolute atomic E-state index is 0.112. The standard InChI is InChI=1S/C19H25N3O2/c23-19(22-13-10-17-8-1-2-14-24-17)21-12-9-16-6-3-5-15-7-4-11-20-18(15)16/h3-7,11,17H,1-2,8-10,12-14H2,(H2,21,22,23)/t17-/m1/s1. The molecule has 1 aliphatic rings. The van der Waals surface area contributed by atoms with E-state index in [2.05, 4.69) is 33.8 Å². The van der Waals surface area contributed by atoms with Gasteiger partial charge in [-0.05, 0) is 43.7 Å². The van der Waals surface area contributed by atoms with E-state index in [9.17, 15) is 4.79 Å². The highest BCUT2D eigenvalue weighted by Gasteiger charge is 2.13. The first-order chi connectivity index (χ1) is 11.8. The van der Waals surface area contributed by atoms with E-state index in [1.54, 1.807) is 6.20 Å². The maximum atomic E-state index is 11.9. The van der Waals surface area contributed by atoms with Gasteiger partial charge in [0.05, 0.1) is 11.6 Å². The van der Waals surface area contributed by atoms with Crippen LogP contribution in [0.1, 0.15) is 31.2 Å². The van der Waals surface area contributed by atoms with Gasteiger partial charge in [0.1, 0.15) is 0 Å². The summed E-state index contributed by atoms with van der Waals surface area (Å²) in [5.74, 6) is 0. The van der Waals surface area contributed by atoms with Crippen LogP contribution >= 0.6 is 0 Å². The van der Waals surface area contributed by atoms with Crippen molar-refractivity contribution in [2.45, 2.75) is 38.2 Å². The Labute approximate surface area is 142 Å². The normalized spacial score (nSPS) is 17.6. The van der Waals surface area contributed by atoms with Crippen molar-refractivity contribution in [2.24, 2.45) is 0 Å². The third-order valence-corrected chi connectivity index (χ3v) is 4.42. The van der Waals surface area contributed by atoms with Crippen molar-refractivity contribution in [1.82, 2.24) is 15.6 Å². The number of hydrogen-bond donors (Lipinski definition) is 2. The molecule has 2 amide bonds. The summed E-state index contributed by atoms with van der Waals surface area (Å²) in [5.41, 5.74) is 2.17. The average Bonchev–Trinajstić information content (AvgIpc) is 2.63. The number of carbonyl (C=O) groups excluding carboxylic acids is 1. The lowest BCUT2D eigenvalue weighted by Gasteiger charge is -2.22. The summed E-state index contributed by atoms with van der Waals surface area (Å²) in [4.78, 5) is 16.3. The quantitative estimate of drug-likeness (QED) is 0.857. The van der Waals surface area contributed by atoms with Crippen LogP contribution in [-0.2, 0) is 11.2 Å². The second-order valence-corrected chi connectivity index (χ2v) is 6.20. The Bertz CT molecular complexity index is 663. The average molecular weight is 327 g/mol. The molecule has 0 unspecified atom stereocenters. The molecular weight excluding hydrogens is 302 g/mol. The number of rotatable bonds is 6. The fraction of sp³-hybridized carbons (Fsp3) is 0.474. The topological polar surface area (TPSA) is 63.2 Å². The van der Waals surface area contributed by atoms with Gasteiger partial charge < -0.3 is 15.4 Å². The third-order valence-electron chi connectivity index (χ3n) is 4.42. The zero-order valence-electron chi connectivity index (χ0n) is 14.0. The molecule has 0 saturated carbocycles. The van der Waals surface area contributed by atoms with Crippen molar-refractivity contribution in [3.8, 4) is 0 Å². The van der Waals surface area contributed by atoms with Crippen molar-refractivity contribution < 1.29 is 9.53 Å². The Balaban J connectivity index is 1.38. The summed E-state index contributed by atoms with van der Waals surface area (Å²) >= 11 is 0. The van der Waals surface area contributed by atoms with Gasteiger partial charge in [-0.1, -0.05) is 24.3 Å². The lowest BCUT2D eigenvalue weighted by molar-refractivity contribution is 0.0120. The Hall–Kier alpha value is -2.14. The lowest BCUT2D eigenvalue weighted by Crippen LogP contribution is -2.38. The van der Waals surface area contributed by atoms with Gasteiger partial charge in [-0.25, -0.2) is 4.79 Å². The van der Waals surface area contributed by atoms with E-state index in [4.69, 9.17) is 4.74 Å². The van der Waals surface area contributed by atoms with Gasteiger partial charge >= 0.3 is 6.03 Å². The van der Waals surface area contributed by atoms with Crippen LogP contribution in [0, 0.1) is 0 Å². The number of pyridine rings is 1. The Morgan fingerprint density at radius 2 is 2.04 bits per heavy atom. The van der Waals surface area contributed by atoms with E-state index in [1.165, 1.54) is 6.42 Å². The van der Waals surface area contributed by atoms with Gasteiger partial charge in [-0.3, -0.25) is 4.98 Å². The van der Waals surface area contributed by atoms with Gasteiger partial charge in [0.2, 0.25) is 0 Å². The number of para-hydroxylation sites is 1. The first kappa shape index (κ1) is 16.7. The van der Waals surface area contributed by atoms with Crippen LogP contribution in [0.4, 0.5) is 4.79 Å². The molecule has 0 radical (unpaired) electrons. The molecule has 1 atom stereocenters. The summed E-state index contributed by atoms with van der Waals surface area (Å²) in [5, 5.41) is 6.95. The molecule has 0 bridgehead atoms. The Morgan fingerprint density at radius 1 is 1.17 bits per heavy atom. The molecule has 1 aliphatic heterocycles. The molecule has 1 aromatic carbocycles. The second kappa shape index (κ2) is 8.64. The predicted molar refractivity (Wildman–Crippen MR) is 95.1 cm³/mol. The number of urea groups is 1. The maximum absolute atomic E-state index is 11.9. The predicted octanol–water partition coefficient (Wildman–Crippen LogP) is 3.04. The summed E-state index contributed by atoms with van der Waals surface area (Å²) in [6.07, 6.45) is 7.27. The first-order valence-electron chi connectivity index (χ1n) is 8.79. The molecule has 1 fully saturated rings. The highest BCUT2D eigenvalue weighted by Crippen LogP contribution is 2.16. The number of fused-ring (bicyclic) bond motifs is 1. The van der Waals surface area contributed by atoms with E-state index < -0.39 is 0 Å². The first-order valence-corrected chi connectivity index (χ1v) is 8.79. The number of aromatic nitrogens is 1. The lowest BCUT2D eigenvalue weighted by atomic mass is 10.1. The van der Waals surface area contributed by atoms with Crippen molar-refractivity contribution in [3.05, 3.63) is 42.1 Å². The van der Waals surface area contributed by atoms with Crippen LogP contribution in [0.25, 0.3) is 10.9 Å². The molecule has 3 rings (SSSR count). The molecule has 5 nitrogen and oxygen atoms in total. The number of nitrogens with one attached hydrogen (secondary N) is 2. The number of nitrogens with zero attached hydrogens (tertiary/aromatic N) is 1. The van der Waals surface area contributed by atoms with Crippen LogP contribution < -0.4 is 10.6 Å². The molecule has 5 heteroatoms. The SMILES string of the molecule is O=C(NCCc1cccc2cccnc12)NCC[C@H]1CCCCO1. The molecule has 1 saturated heterocycles. The molecule has 1 aromatic heterocycles. The van der Waals surface area contributed by atoms with E-state index in [1.807, 2.05) is 12.1 Å². The van der Waals surface area contributed by atoms with Crippen LogP contribution in [0.5, 0.6) is 0 Å². The van der Waals surface area contributed by atoms with Gasteiger partial charge in [0.15, 0.2) is 0 Å². The maximum Gasteiger partial charge on any atom is 0.314 e. The molecule has 24 heavy (non-hydrogen) atoms. The fourth-order valence-corrected chi connectivity index (χ4v) is 3.12. The van der Waals surface area contributed by atoms with Crippen molar-refractivity contribution in [2.75, 3.05) is 19.7 Å². The number of ether oxygens (including phenoxy) is 1. The number of carbonyl (C=O) groups is 1. The van der Waals surface area contributed by atoms with E-state index in [0.717, 1.165) is 48.8 Å². The monoisotopic (exact) mass is 327 g/mol. The van der Waals surface area contributed by atoms with Crippen LogP contribution in [0.3, 0.4) is 0 Å². The fourth-order valence-electron chi connectivity index (χ4n) is 3.12. The van der Waals surface area contributed by atoms with E-state index >= 15 is 0 Å². The second-order valence-electron chi connectivity index (χ2n) is 6.20. The van der Waals surface area contributed by atoms with Gasteiger partial charge in [0, 0.05) is 31.3 Å². The smallest absolute Gasteiger partial charge is 0.314 e. The van der Waals surface area contributed by atoms with Crippen LogP contribution in [0.2, 0.25) is 0 Å². The highest BCUT2D eigenvalue weighted by atomic mass is 16.5. The minimum atomic E-state index is -0.112. The summed E-state index contributed by atoms with van der Waals surface area (Å²) in [7, 11) is 0. The molecule has 0 spiro atoms. The zero-order chi connectivity index (χ0) is 16.6. The highest BCUT2D eigenvalue weighted by molar-refractivity contribution is 5.81.